The van der Waals surface area contributed by atoms with E-state index in [2.05, 4.69) is 0 Å². The molecule has 0 bridgehead atoms. The third kappa shape index (κ3) is 2.39. The van der Waals surface area contributed by atoms with Gasteiger partial charge in [-0.05, 0) is 19.1 Å². The number of fused-ring (bicyclic) bond motifs is 1. The zero-order valence-corrected chi connectivity index (χ0v) is 11.1. The number of nitrogens with zero attached hydrogens (tertiary/aromatic N) is 1. The molecule has 0 unspecified atom stereocenters. The molecule has 0 fully saturated rings. The summed E-state index contributed by atoms with van der Waals surface area (Å²) in [5.74, 6) is -1.99. The van der Waals surface area contributed by atoms with Gasteiger partial charge in [0.05, 0.1) is 23.5 Å². The molecule has 102 valence electrons. The number of hydrogen-bond acceptors (Lipinski definition) is 5. The number of imide groups is 1. The van der Waals surface area contributed by atoms with Crippen LogP contribution >= 0.6 is 0 Å². The molecule has 0 spiro atoms. The molecule has 19 heavy (non-hydrogen) atoms. The number of amides is 2. The van der Waals surface area contributed by atoms with Crippen molar-refractivity contribution in [3.8, 4) is 0 Å². The number of rotatable bonds is 5. The van der Waals surface area contributed by atoms with E-state index in [1.54, 1.807) is 19.1 Å². The molecule has 6 nitrogen and oxygen atoms in total. The fourth-order valence-electron chi connectivity index (χ4n) is 1.82. The van der Waals surface area contributed by atoms with Gasteiger partial charge in [-0.25, -0.2) is 8.42 Å². The summed E-state index contributed by atoms with van der Waals surface area (Å²) in [6.07, 6.45) is 0. The van der Waals surface area contributed by atoms with Gasteiger partial charge in [-0.2, -0.15) is 4.31 Å². The molecular formula is C12H13NO5S. The van der Waals surface area contributed by atoms with Crippen LogP contribution in [-0.4, -0.2) is 43.5 Å². The highest BCUT2D eigenvalue weighted by Crippen LogP contribution is 2.25. The van der Waals surface area contributed by atoms with Gasteiger partial charge in [0.15, 0.2) is 0 Å². The van der Waals surface area contributed by atoms with E-state index in [0.717, 1.165) is 0 Å². The minimum Gasteiger partial charge on any atom is -0.381 e. The van der Waals surface area contributed by atoms with Crippen LogP contribution in [0.4, 0.5) is 0 Å². The first-order valence-electron chi connectivity index (χ1n) is 5.77. The molecular weight excluding hydrogens is 270 g/mol. The molecule has 7 heteroatoms. The van der Waals surface area contributed by atoms with Gasteiger partial charge in [0.1, 0.15) is 0 Å². The lowest BCUT2D eigenvalue weighted by Gasteiger charge is -2.14. The van der Waals surface area contributed by atoms with E-state index in [-0.39, 0.29) is 17.7 Å². The number of carbonyl (C=O) groups is 2. The van der Waals surface area contributed by atoms with Gasteiger partial charge in [-0.1, -0.05) is 12.1 Å². The normalized spacial score (nSPS) is 14.9. The second kappa shape index (κ2) is 5.10. The minimum atomic E-state index is -3.99. The lowest BCUT2D eigenvalue weighted by atomic mass is 10.1. The van der Waals surface area contributed by atoms with Crippen LogP contribution < -0.4 is 0 Å². The van der Waals surface area contributed by atoms with Crippen molar-refractivity contribution in [1.82, 2.24) is 4.31 Å². The first-order valence-corrected chi connectivity index (χ1v) is 7.38. The third-order valence-corrected chi connectivity index (χ3v) is 4.30. The topological polar surface area (TPSA) is 80.8 Å². The van der Waals surface area contributed by atoms with Crippen molar-refractivity contribution < 1.29 is 22.7 Å². The Balaban J connectivity index is 2.29. The quantitative estimate of drug-likeness (QED) is 0.585. The molecule has 0 saturated heterocycles. The van der Waals surface area contributed by atoms with Crippen molar-refractivity contribution in [3.63, 3.8) is 0 Å². The highest BCUT2D eigenvalue weighted by Gasteiger charge is 2.42. The second-order valence-electron chi connectivity index (χ2n) is 3.93. The summed E-state index contributed by atoms with van der Waals surface area (Å²) in [4.78, 5) is 23.9. The summed E-state index contributed by atoms with van der Waals surface area (Å²) in [5, 5.41) is 0. The molecule has 2 rings (SSSR count). The van der Waals surface area contributed by atoms with Crippen LogP contribution in [0.25, 0.3) is 0 Å². The van der Waals surface area contributed by atoms with Crippen LogP contribution in [0.15, 0.2) is 24.3 Å². The van der Waals surface area contributed by atoms with Gasteiger partial charge in [0.2, 0.25) is 10.0 Å². The second-order valence-corrected chi connectivity index (χ2v) is 5.87. The van der Waals surface area contributed by atoms with Crippen LogP contribution in [-0.2, 0) is 14.8 Å². The van der Waals surface area contributed by atoms with Crippen LogP contribution in [0.3, 0.4) is 0 Å². The number of benzene rings is 1. The van der Waals surface area contributed by atoms with Gasteiger partial charge in [-0.3, -0.25) is 9.59 Å². The first kappa shape index (κ1) is 13.7. The Morgan fingerprint density at radius 2 is 1.63 bits per heavy atom. The van der Waals surface area contributed by atoms with E-state index in [1.165, 1.54) is 12.1 Å². The lowest BCUT2D eigenvalue weighted by molar-refractivity contribution is 0.0764. The molecule has 0 N–H and O–H groups in total. The van der Waals surface area contributed by atoms with Gasteiger partial charge in [-0.15, -0.1) is 0 Å². The first-order chi connectivity index (χ1) is 8.99. The van der Waals surface area contributed by atoms with Crippen LogP contribution in [0.1, 0.15) is 27.6 Å². The predicted molar refractivity (Wildman–Crippen MR) is 67.2 cm³/mol. The summed E-state index contributed by atoms with van der Waals surface area (Å²) in [6.45, 7) is 2.05. The Bertz CT molecular complexity index is 588. The molecule has 0 radical (unpaired) electrons. The Morgan fingerprint density at radius 3 is 2.11 bits per heavy atom. The highest BCUT2D eigenvalue weighted by atomic mass is 32.2. The fourth-order valence-corrected chi connectivity index (χ4v) is 3.03. The third-order valence-electron chi connectivity index (χ3n) is 2.72. The van der Waals surface area contributed by atoms with Crippen molar-refractivity contribution in [2.75, 3.05) is 19.0 Å². The maximum atomic E-state index is 12.0. The van der Waals surface area contributed by atoms with Gasteiger partial charge in [0.25, 0.3) is 11.8 Å². The zero-order chi connectivity index (χ0) is 14.0. The lowest BCUT2D eigenvalue weighted by Crippen LogP contribution is -2.38. The predicted octanol–water partition coefficient (Wildman–Crippen LogP) is 0.649. The van der Waals surface area contributed by atoms with Gasteiger partial charge in [0, 0.05) is 6.61 Å². The average molecular weight is 283 g/mol. The zero-order valence-electron chi connectivity index (χ0n) is 10.3. The monoisotopic (exact) mass is 283 g/mol. The van der Waals surface area contributed by atoms with Gasteiger partial charge >= 0.3 is 0 Å². The maximum Gasteiger partial charge on any atom is 0.275 e. The SMILES string of the molecule is CCOCCS(=O)(=O)N1C(=O)c2ccccc2C1=O. The summed E-state index contributed by atoms with van der Waals surface area (Å²) >= 11 is 0. The Kier molecular flexibility index (Phi) is 3.68. The molecule has 1 aromatic carbocycles. The summed E-state index contributed by atoms with van der Waals surface area (Å²) in [7, 11) is -3.99. The number of sulfonamides is 1. The van der Waals surface area contributed by atoms with E-state index in [4.69, 9.17) is 4.74 Å². The van der Waals surface area contributed by atoms with Crippen molar-refractivity contribution in [2.45, 2.75) is 6.92 Å². The largest absolute Gasteiger partial charge is 0.381 e. The minimum absolute atomic E-state index is 0.0494. The molecule has 1 aliphatic heterocycles. The Hall–Kier alpha value is -1.73. The molecule has 0 saturated carbocycles. The standard InChI is InChI=1S/C12H13NO5S/c1-2-18-7-8-19(16,17)13-11(14)9-5-3-4-6-10(9)12(13)15/h3-6H,2,7-8H2,1H3. The number of hydrogen-bond donors (Lipinski definition) is 0. The molecule has 1 aromatic rings. The van der Waals surface area contributed by atoms with Crippen molar-refractivity contribution in [2.24, 2.45) is 0 Å². The van der Waals surface area contributed by atoms with E-state index >= 15 is 0 Å². The number of carbonyl (C=O) groups excluding carboxylic acids is 2. The Morgan fingerprint density at radius 1 is 1.11 bits per heavy atom. The summed E-state index contributed by atoms with van der Waals surface area (Å²) in [5.41, 5.74) is 0.236. The van der Waals surface area contributed by atoms with E-state index in [0.29, 0.717) is 10.9 Å². The maximum absolute atomic E-state index is 12.0. The smallest absolute Gasteiger partial charge is 0.275 e. The molecule has 1 heterocycles. The van der Waals surface area contributed by atoms with E-state index in [1.807, 2.05) is 0 Å². The van der Waals surface area contributed by atoms with Gasteiger partial charge < -0.3 is 4.74 Å². The number of ether oxygens (including phenoxy) is 1. The van der Waals surface area contributed by atoms with Crippen molar-refractivity contribution >= 4 is 21.8 Å². The van der Waals surface area contributed by atoms with E-state index in [9.17, 15) is 18.0 Å². The van der Waals surface area contributed by atoms with Crippen LogP contribution in [0, 0.1) is 0 Å². The molecule has 0 aromatic heterocycles. The molecule has 1 aliphatic rings. The summed E-state index contributed by atoms with van der Waals surface area (Å²) < 4.78 is 29.3. The fraction of sp³-hybridized carbons (Fsp3) is 0.333. The summed E-state index contributed by atoms with van der Waals surface area (Å²) in [6, 6.07) is 6.04. The van der Waals surface area contributed by atoms with Crippen LogP contribution in [0.2, 0.25) is 0 Å². The Labute approximate surface area is 111 Å². The van der Waals surface area contributed by atoms with E-state index < -0.39 is 27.6 Å². The molecule has 2 amide bonds. The van der Waals surface area contributed by atoms with Crippen LogP contribution in [0.5, 0.6) is 0 Å². The molecule has 0 aliphatic carbocycles. The van der Waals surface area contributed by atoms with Crippen molar-refractivity contribution in [3.05, 3.63) is 35.4 Å². The molecule has 0 atom stereocenters. The highest BCUT2D eigenvalue weighted by molar-refractivity contribution is 7.90. The van der Waals surface area contributed by atoms with Crippen molar-refractivity contribution in [1.29, 1.82) is 0 Å². The average Bonchev–Trinajstić information content (AvgIpc) is 2.63.